The lowest BCUT2D eigenvalue weighted by Crippen LogP contribution is -2.49. The number of rotatable bonds is 9. The summed E-state index contributed by atoms with van der Waals surface area (Å²) in [4.78, 5) is 2.47. The Hall–Kier alpha value is -0.630. The van der Waals surface area contributed by atoms with Crippen LogP contribution in [0.15, 0.2) is 0 Å². The van der Waals surface area contributed by atoms with Gasteiger partial charge in [0, 0.05) is 25.7 Å². The fourth-order valence-corrected chi connectivity index (χ4v) is 3.59. The molecule has 2 aliphatic carbocycles. The summed E-state index contributed by atoms with van der Waals surface area (Å²) in [6.45, 7) is 7.32. The summed E-state index contributed by atoms with van der Waals surface area (Å²) < 4.78 is 5.21. The first-order valence-electron chi connectivity index (χ1n) is 8.53. The Balaban J connectivity index is 1.88. The van der Waals surface area contributed by atoms with E-state index in [9.17, 15) is 5.26 Å². The van der Waals surface area contributed by atoms with E-state index in [1.54, 1.807) is 7.11 Å². The molecule has 2 atom stereocenters. The van der Waals surface area contributed by atoms with Crippen LogP contribution in [0.5, 0.6) is 0 Å². The summed E-state index contributed by atoms with van der Waals surface area (Å²) in [5.41, 5.74) is -0.245. The lowest BCUT2D eigenvalue weighted by molar-refractivity contribution is 0.120. The van der Waals surface area contributed by atoms with Gasteiger partial charge in [-0.2, -0.15) is 5.26 Å². The number of nitriles is 1. The van der Waals surface area contributed by atoms with Crippen LogP contribution in [0.1, 0.15) is 52.4 Å². The molecule has 2 fully saturated rings. The fraction of sp³-hybridized carbons (Fsp3) is 0.941. The lowest BCUT2D eigenvalue weighted by Gasteiger charge is -2.33. The van der Waals surface area contributed by atoms with Gasteiger partial charge >= 0.3 is 0 Å². The van der Waals surface area contributed by atoms with Gasteiger partial charge < -0.3 is 4.74 Å². The largest absolute Gasteiger partial charge is 0.383 e. The minimum Gasteiger partial charge on any atom is -0.383 e. The smallest absolute Gasteiger partial charge is 0.109 e. The molecule has 2 aliphatic rings. The van der Waals surface area contributed by atoms with Gasteiger partial charge in [-0.25, -0.2) is 0 Å². The van der Waals surface area contributed by atoms with Gasteiger partial charge in [0.2, 0.25) is 0 Å². The number of nitrogens with one attached hydrogen (secondary N) is 1. The van der Waals surface area contributed by atoms with Crippen molar-refractivity contribution in [2.45, 2.75) is 70.0 Å². The zero-order valence-corrected chi connectivity index (χ0v) is 13.9. The van der Waals surface area contributed by atoms with Gasteiger partial charge in [0.05, 0.1) is 12.7 Å². The zero-order chi connectivity index (χ0) is 15.3. The SMILES string of the molecule is COCCN(CCC1CCCC1(C#N)NC1CC1)C(C)C. The minimum atomic E-state index is -0.245. The maximum absolute atomic E-state index is 9.73. The second-order valence-electron chi connectivity index (χ2n) is 7.00. The molecule has 4 nitrogen and oxygen atoms in total. The molecule has 21 heavy (non-hydrogen) atoms. The molecule has 2 rings (SSSR count). The van der Waals surface area contributed by atoms with Crippen LogP contribution < -0.4 is 5.32 Å². The highest BCUT2D eigenvalue weighted by Crippen LogP contribution is 2.40. The van der Waals surface area contributed by atoms with E-state index >= 15 is 0 Å². The third-order valence-corrected chi connectivity index (χ3v) is 5.14. The van der Waals surface area contributed by atoms with E-state index in [0.717, 1.165) is 32.5 Å². The summed E-state index contributed by atoms with van der Waals surface area (Å²) in [6, 6.07) is 3.79. The fourth-order valence-electron chi connectivity index (χ4n) is 3.59. The second kappa shape index (κ2) is 7.58. The van der Waals surface area contributed by atoms with Gasteiger partial charge in [-0.05, 0) is 58.4 Å². The number of nitrogens with zero attached hydrogens (tertiary/aromatic N) is 2. The predicted octanol–water partition coefficient (Wildman–Crippen LogP) is 2.55. The van der Waals surface area contributed by atoms with Gasteiger partial charge in [-0.15, -0.1) is 0 Å². The molecule has 2 saturated carbocycles. The number of hydrogen-bond acceptors (Lipinski definition) is 4. The number of methoxy groups -OCH3 is 1. The molecule has 0 heterocycles. The summed E-state index contributed by atoms with van der Waals surface area (Å²) in [5.74, 6) is 0.506. The van der Waals surface area contributed by atoms with Crippen molar-refractivity contribution in [2.24, 2.45) is 5.92 Å². The molecular weight excluding hydrogens is 262 g/mol. The predicted molar refractivity (Wildman–Crippen MR) is 85.0 cm³/mol. The first-order chi connectivity index (χ1) is 10.1. The van der Waals surface area contributed by atoms with Gasteiger partial charge in [0.25, 0.3) is 0 Å². The average Bonchev–Trinajstić information content (AvgIpc) is 3.18. The molecule has 0 aromatic heterocycles. The minimum absolute atomic E-state index is 0.245. The van der Waals surface area contributed by atoms with Crippen molar-refractivity contribution in [2.75, 3.05) is 26.8 Å². The van der Waals surface area contributed by atoms with Crippen LogP contribution in [0.3, 0.4) is 0 Å². The normalized spacial score (nSPS) is 29.2. The molecule has 0 radical (unpaired) electrons. The lowest BCUT2D eigenvalue weighted by atomic mass is 9.85. The Kier molecular flexibility index (Phi) is 6.04. The van der Waals surface area contributed by atoms with E-state index in [4.69, 9.17) is 4.74 Å². The second-order valence-corrected chi connectivity index (χ2v) is 7.00. The van der Waals surface area contributed by atoms with Crippen LogP contribution in [0.2, 0.25) is 0 Å². The van der Waals surface area contributed by atoms with Crippen LogP contribution in [-0.2, 0) is 4.74 Å². The summed E-state index contributed by atoms with van der Waals surface area (Å²) >= 11 is 0. The summed E-state index contributed by atoms with van der Waals surface area (Å²) in [6.07, 6.45) is 7.05. The Labute approximate surface area is 129 Å². The highest BCUT2D eigenvalue weighted by Gasteiger charge is 2.45. The molecule has 120 valence electrons. The average molecular weight is 293 g/mol. The first-order valence-corrected chi connectivity index (χ1v) is 8.53. The third kappa shape index (κ3) is 4.42. The van der Waals surface area contributed by atoms with E-state index in [1.165, 1.54) is 25.7 Å². The van der Waals surface area contributed by atoms with Crippen LogP contribution in [0.25, 0.3) is 0 Å². The Morgan fingerprint density at radius 2 is 2.10 bits per heavy atom. The Morgan fingerprint density at radius 3 is 2.67 bits per heavy atom. The Morgan fingerprint density at radius 1 is 1.33 bits per heavy atom. The van der Waals surface area contributed by atoms with Crippen molar-refractivity contribution in [3.63, 3.8) is 0 Å². The standard InChI is InChI=1S/C17H31N3O/c1-14(2)20(11-12-21-3)10-8-15-5-4-9-17(15,13-18)19-16-6-7-16/h14-16,19H,4-12H2,1-3H3. The van der Waals surface area contributed by atoms with Crippen molar-refractivity contribution in [1.29, 1.82) is 5.26 Å². The molecule has 0 spiro atoms. The van der Waals surface area contributed by atoms with Gasteiger partial charge in [0.1, 0.15) is 5.54 Å². The topological polar surface area (TPSA) is 48.3 Å². The van der Waals surface area contributed by atoms with E-state index in [1.807, 2.05) is 0 Å². The molecular formula is C17H31N3O. The third-order valence-electron chi connectivity index (χ3n) is 5.14. The van der Waals surface area contributed by atoms with E-state index < -0.39 is 0 Å². The van der Waals surface area contributed by atoms with Gasteiger partial charge in [-0.1, -0.05) is 6.42 Å². The number of ether oxygens (including phenoxy) is 1. The molecule has 4 heteroatoms. The quantitative estimate of drug-likeness (QED) is 0.710. The van der Waals surface area contributed by atoms with Crippen molar-refractivity contribution in [1.82, 2.24) is 10.2 Å². The van der Waals surface area contributed by atoms with Crippen LogP contribution in [0.4, 0.5) is 0 Å². The van der Waals surface area contributed by atoms with E-state index in [2.05, 4.69) is 30.1 Å². The highest BCUT2D eigenvalue weighted by atomic mass is 16.5. The van der Waals surface area contributed by atoms with Crippen LogP contribution in [-0.4, -0.2) is 49.3 Å². The molecule has 0 aromatic carbocycles. The van der Waals surface area contributed by atoms with Gasteiger partial charge in [0.15, 0.2) is 0 Å². The van der Waals surface area contributed by atoms with Crippen LogP contribution >= 0.6 is 0 Å². The first kappa shape index (κ1) is 16.7. The van der Waals surface area contributed by atoms with Gasteiger partial charge in [-0.3, -0.25) is 10.2 Å². The van der Waals surface area contributed by atoms with Crippen molar-refractivity contribution >= 4 is 0 Å². The van der Waals surface area contributed by atoms with E-state index in [0.29, 0.717) is 18.0 Å². The maximum Gasteiger partial charge on any atom is 0.109 e. The Bertz CT molecular complexity index is 362. The summed E-state index contributed by atoms with van der Waals surface area (Å²) in [7, 11) is 1.76. The molecule has 0 aliphatic heterocycles. The molecule has 0 bridgehead atoms. The van der Waals surface area contributed by atoms with Crippen LogP contribution in [0, 0.1) is 17.2 Å². The number of hydrogen-bond donors (Lipinski definition) is 1. The molecule has 0 amide bonds. The zero-order valence-electron chi connectivity index (χ0n) is 13.9. The molecule has 1 N–H and O–H groups in total. The van der Waals surface area contributed by atoms with Crippen molar-refractivity contribution in [3.8, 4) is 6.07 Å². The maximum atomic E-state index is 9.73. The monoisotopic (exact) mass is 293 g/mol. The molecule has 0 aromatic rings. The highest BCUT2D eigenvalue weighted by molar-refractivity contribution is 5.16. The molecule has 0 saturated heterocycles. The summed E-state index contributed by atoms with van der Waals surface area (Å²) in [5, 5.41) is 13.4. The van der Waals surface area contributed by atoms with Crippen molar-refractivity contribution < 1.29 is 4.74 Å². The van der Waals surface area contributed by atoms with E-state index in [-0.39, 0.29) is 5.54 Å². The molecule has 2 unspecified atom stereocenters. The van der Waals surface area contributed by atoms with Crippen molar-refractivity contribution in [3.05, 3.63) is 0 Å².